The first-order valence-corrected chi connectivity index (χ1v) is 11.3. The fourth-order valence-electron chi connectivity index (χ4n) is 3.85. The topological polar surface area (TPSA) is 32.7 Å². The number of nitrogens with zero attached hydrogens (tertiary/aromatic N) is 1. The number of ether oxygens (including phenoxy) is 1. The summed E-state index contributed by atoms with van der Waals surface area (Å²) in [6, 6.07) is 22.5. The Kier molecular flexibility index (Phi) is 8.73. The maximum absolute atomic E-state index is 11.1. The van der Waals surface area contributed by atoms with E-state index < -0.39 is 6.10 Å². The quantitative estimate of drug-likeness (QED) is 0.381. The zero-order valence-corrected chi connectivity index (χ0v) is 18.4. The average molecular weight is 406 g/mol. The number of hydrogen-bond acceptors (Lipinski definition) is 3. The van der Waals surface area contributed by atoms with Crippen molar-refractivity contribution in [3.05, 3.63) is 77.9 Å². The molecule has 3 rings (SSSR count). The minimum absolute atomic E-state index is 0.508. The summed E-state index contributed by atoms with van der Waals surface area (Å²) in [5, 5.41) is 13.2. The van der Waals surface area contributed by atoms with Gasteiger partial charge in [-0.25, -0.2) is 0 Å². The highest BCUT2D eigenvalue weighted by atomic mass is 16.5. The third kappa shape index (κ3) is 6.07. The molecule has 0 aromatic heterocycles. The van der Waals surface area contributed by atoms with Crippen molar-refractivity contribution in [1.82, 2.24) is 4.90 Å². The number of benzene rings is 3. The van der Waals surface area contributed by atoms with Gasteiger partial charge in [0.25, 0.3) is 0 Å². The second-order valence-corrected chi connectivity index (χ2v) is 8.00. The van der Waals surface area contributed by atoms with Crippen molar-refractivity contribution in [2.45, 2.75) is 52.2 Å². The van der Waals surface area contributed by atoms with Crippen molar-refractivity contribution in [1.29, 1.82) is 0 Å². The molecule has 0 saturated heterocycles. The van der Waals surface area contributed by atoms with Crippen LogP contribution in [-0.2, 0) is 6.61 Å². The van der Waals surface area contributed by atoms with Gasteiger partial charge in [0, 0.05) is 11.9 Å². The van der Waals surface area contributed by atoms with Gasteiger partial charge >= 0.3 is 0 Å². The molecule has 3 nitrogen and oxygen atoms in total. The second kappa shape index (κ2) is 11.7. The molecule has 160 valence electrons. The van der Waals surface area contributed by atoms with Gasteiger partial charge in [-0.3, -0.25) is 0 Å². The Labute approximate surface area is 181 Å². The third-order valence-corrected chi connectivity index (χ3v) is 5.60. The van der Waals surface area contributed by atoms with Crippen LogP contribution in [0.1, 0.15) is 56.8 Å². The lowest BCUT2D eigenvalue weighted by atomic mass is 9.99. The Hall–Kier alpha value is -2.36. The van der Waals surface area contributed by atoms with E-state index in [1.807, 2.05) is 42.5 Å². The van der Waals surface area contributed by atoms with Crippen LogP contribution in [0.25, 0.3) is 10.8 Å². The number of aliphatic hydroxyl groups excluding tert-OH is 1. The van der Waals surface area contributed by atoms with Crippen molar-refractivity contribution >= 4 is 10.8 Å². The summed E-state index contributed by atoms with van der Waals surface area (Å²) in [5.74, 6) is 0.860. The molecule has 0 aliphatic heterocycles. The molecule has 3 aromatic carbocycles. The van der Waals surface area contributed by atoms with Crippen LogP contribution in [0, 0.1) is 0 Å². The van der Waals surface area contributed by atoms with Gasteiger partial charge < -0.3 is 14.7 Å². The van der Waals surface area contributed by atoms with Gasteiger partial charge in [-0.15, -0.1) is 0 Å². The number of rotatable bonds is 12. The summed E-state index contributed by atoms with van der Waals surface area (Å²) in [6.45, 7) is 7.74. The summed E-state index contributed by atoms with van der Waals surface area (Å²) in [5.41, 5.74) is 2.13. The summed E-state index contributed by atoms with van der Waals surface area (Å²) in [7, 11) is 0. The summed E-state index contributed by atoms with van der Waals surface area (Å²) in [6.07, 6.45) is 4.18. The first kappa shape index (κ1) is 22.3. The maximum Gasteiger partial charge on any atom is 0.127 e. The van der Waals surface area contributed by atoms with E-state index in [1.54, 1.807) is 0 Å². The van der Waals surface area contributed by atoms with Crippen molar-refractivity contribution < 1.29 is 9.84 Å². The van der Waals surface area contributed by atoms with Crippen molar-refractivity contribution in [3.63, 3.8) is 0 Å². The Bertz CT molecular complexity index is 886. The van der Waals surface area contributed by atoms with E-state index in [-0.39, 0.29) is 0 Å². The van der Waals surface area contributed by atoms with Crippen LogP contribution >= 0.6 is 0 Å². The molecule has 0 fully saturated rings. The minimum Gasteiger partial charge on any atom is -0.488 e. The maximum atomic E-state index is 11.1. The summed E-state index contributed by atoms with van der Waals surface area (Å²) < 4.78 is 6.14. The molecular formula is C27H35NO2. The molecular weight excluding hydrogens is 370 g/mol. The van der Waals surface area contributed by atoms with Gasteiger partial charge in [-0.1, -0.05) is 87.4 Å². The van der Waals surface area contributed by atoms with E-state index in [9.17, 15) is 5.11 Å². The molecule has 0 heterocycles. The molecule has 1 N–H and O–H groups in total. The van der Waals surface area contributed by atoms with Crippen LogP contribution in [0.2, 0.25) is 0 Å². The van der Waals surface area contributed by atoms with Crippen LogP contribution in [0.5, 0.6) is 5.75 Å². The van der Waals surface area contributed by atoms with Gasteiger partial charge in [0.2, 0.25) is 0 Å². The normalized spacial score (nSPS) is 12.4. The predicted molar refractivity (Wildman–Crippen MR) is 126 cm³/mol. The summed E-state index contributed by atoms with van der Waals surface area (Å²) in [4.78, 5) is 2.41. The smallest absolute Gasteiger partial charge is 0.127 e. The Morgan fingerprint density at radius 3 is 2.10 bits per heavy atom. The fourth-order valence-corrected chi connectivity index (χ4v) is 3.85. The highest BCUT2D eigenvalue weighted by Crippen LogP contribution is 2.32. The highest BCUT2D eigenvalue weighted by molar-refractivity contribution is 5.91. The van der Waals surface area contributed by atoms with Gasteiger partial charge in [0.15, 0.2) is 0 Å². The first-order chi connectivity index (χ1) is 14.7. The van der Waals surface area contributed by atoms with Crippen molar-refractivity contribution in [2.24, 2.45) is 0 Å². The van der Waals surface area contributed by atoms with Gasteiger partial charge in [0.05, 0.1) is 6.10 Å². The average Bonchev–Trinajstić information content (AvgIpc) is 2.79. The lowest BCUT2D eigenvalue weighted by Crippen LogP contribution is -2.30. The molecule has 0 aliphatic carbocycles. The Balaban J connectivity index is 1.78. The van der Waals surface area contributed by atoms with E-state index in [1.165, 1.54) is 25.7 Å². The number of aliphatic hydroxyl groups is 1. The molecule has 0 saturated carbocycles. The van der Waals surface area contributed by atoms with Gasteiger partial charge in [-0.05, 0) is 48.5 Å². The van der Waals surface area contributed by atoms with E-state index in [0.717, 1.165) is 40.7 Å². The highest BCUT2D eigenvalue weighted by Gasteiger charge is 2.17. The lowest BCUT2D eigenvalue weighted by Gasteiger charge is -2.26. The van der Waals surface area contributed by atoms with E-state index >= 15 is 0 Å². The molecule has 0 aliphatic rings. The number of hydrogen-bond donors (Lipinski definition) is 1. The van der Waals surface area contributed by atoms with E-state index in [4.69, 9.17) is 4.74 Å². The van der Waals surface area contributed by atoms with E-state index in [2.05, 4.69) is 43.0 Å². The molecule has 0 radical (unpaired) electrons. The fraction of sp³-hybridized carbons (Fsp3) is 0.407. The second-order valence-electron chi connectivity index (χ2n) is 8.00. The first-order valence-electron chi connectivity index (χ1n) is 11.3. The van der Waals surface area contributed by atoms with Gasteiger partial charge in [-0.2, -0.15) is 0 Å². The SMILES string of the molecule is CCCCN(CCCC)C[C@@H](O)c1ccc(OCc2ccccc2)c2ccccc12. The van der Waals surface area contributed by atoms with Gasteiger partial charge in [0.1, 0.15) is 12.4 Å². The van der Waals surface area contributed by atoms with Crippen molar-refractivity contribution in [2.75, 3.05) is 19.6 Å². The van der Waals surface area contributed by atoms with Crippen molar-refractivity contribution in [3.8, 4) is 5.75 Å². The largest absolute Gasteiger partial charge is 0.488 e. The summed E-state index contributed by atoms with van der Waals surface area (Å²) >= 11 is 0. The minimum atomic E-state index is -0.508. The van der Waals surface area contributed by atoms with Crippen LogP contribution in [0.4, 0.5) is 0 Å². The monoisotopic (exact) mass is 405 g/mol. The molecule has 0 bridgehead atoms. The van der Waals surface area contributed by atoms with Crippen LogP contribution in [0.3, 0.4) is 0 Å². The predicted octanol–water partition coefficient (Wildman–Crippen LogP) is 6.35. The molecule has 0 unspecified atom stereocenters. The molecule has 0 amide bonds. The zero-order valence-electron chi connectivity index (χ0n) is 18.4. The molecule has 30 heavy (non-hydrogen) atoms. The standard InChI is InChI=1S/C27H35NO2/c1-3-5-18-28(19-6-4-2)20-26(29)24-16-17-27(25-15-11-10-14-23(24)25)30-21-22-12-8-7-9-13-22/h7-17,26,29H,3-6,18-21H2,1-2H3/t26-/m1/s1. The van der Waals surface area contributed by atoms with Crippen LogP contribution in [-0.4, -0.2) is 29.6 Å². The van der Waals surface area contributed by atoms with E-state index in [0.29, 0.717) is 13.2 Å². The molecule has 0 spiro atoms. The number of fused-ring (bicyclic) bond motifs is 1. The lowest BCUT2D eigenvalue weighted by molar-refractivity contribution is 0.112. The Morgan fingerprint density at radius 1 is 0.800 bits per heavy atom. The zero-order chi connectivity index (χ0) is 21.2. The molecule has 1 atom stereocenters. The van der Waals surface area contributed by atoms with Crippen LogP contribution < -0.4 is 4.74 Å². The number of unbranched alkanes of at least 4 members (excludes halogenated alkanes) is 2. The third-order valence-electron chi connectivity index (χ3n) is 5.60. The molecule has 3 heteroatoms. The van der Waals surface area contributed by atoms with Crippen LogP contribution in [0.15, 0.2) is 66.7 Å². The molecule has 3 aromatic rings. The Morgan fingerprint density at radius 2 is 1.43 bits per heavy atom.